The molecule has 0 saturated heterocycles. The van der Waals surface area contributed by atoms with Crippen molar-refractivity contribution in [3.63, 3.8) is 0 Å². The SMILES string of the molecule is COc1nc(C)ncc1NC(C)=O. The monoisotopic (exact) mass is 181 g/mol. The smallest absolute Gasteiger partial charge is 0.240 e. The van der Waals surface area contributed by atoms with E-state index >= 15 is 0 Å². The number of hydrogen-bond donors (Lipinski definition) is 1. The van der Waals surface area contributed by atoms with E-state index in [-0.39, 0.29) is 5.91 Å². The van der Waals surface area contributed by atoms with Crippen LogP contribution in [0.3, 0.4) is 0 Å². The zero-order chi connectivity index (χ0) is 9.84. The Morgan fingerprint density at radius 3 is 2.85 bits per heavy atom. The van der Waals surface area contributed by atoms with Gasteiger partial charge in [0.25, 0.3) is 0 Å². The van der Waals surface area contributed by atoms with E-state index in [0.717, 1.165) is 0 Å². The lowest BCUT2D eigenvalue weighted by molar-refractivity contribution is -0.114. The summed E-state index contributed by atoms with van der Waals surface area (Å²) in [5.74, 6) is 0.805. The first-order valence-corrected chi connectivity index (χ1v) is 3.78. The maximum Gasteiger partial charge on any atom is 0.240 e. The molecule has 0 radical (unpaired) electrons. The molecule has 0 aromatic carbocycles. The highest BCUT2D eigenvalue weighted by atomic mass is 16.5. The summed E-state index contributed by atoms with van der Waals surface area (Å²) in [6, 6.07) is 0. The maximum atomic E-state index is 10.7. The summed E-state index contributed by atoms with van der Waals surface area (Å²) < 4.78 is 4.96. The van der Waals surface area contributed by atoms with Gasteiger partial charge in [0.1, 0.15) is 11.5 Å². The molecule has 0 spiro atoms. The molecule has 1 heterocycles. The van der Waals surface area contributed by atoms with Gasteiger partial charge < -0.3 is 10.1 Å². The zero-order valence-electron chi connectivity index (χ0n) is 7.79. The molecule has 13 heavy (non-hydrogen) atoms. The van der Waals surface area contributed by atoms with E-state index < -0.39 is 0 Å². The number of methoxy groups -OCH3 is 1. The summed E-state index contributed by atoms with van der Waals surface area (Å²) in [5, 5.41) is 2.56. The van der Waals surface area contributed by atoms with E-state index in [9.17, 15) is 4.79 Å². The average Bonchev–Trinajstić information content (AvgIpc) is 2.07. The van der Waals surface area contributed by atoms with Crippen LogP contribution in [0.2, 0.25) is 0 Å². The molecule has 0 unspecified atom stereocenters. The van der Waals surface area contributed by atoms with Crippen LogP contribution < -0.4 is 10.1 Å². The quantitative estimate of drug-likeness (QED) is 0.731. The molecule has 1 aromatic heterocycles. The fraction of sp³-hybridized carbons (Fsp3) is 0.375. The highest BCUT2D eigenvalue weighted by Crippen LogP contribution is 2.19. The second-order valence-electron chi connectivity index (χ2n) is 2.52. The van der Waals surface area contributed by atoms with E-state index in [1.165, 1.54) is 20.2 Å². The van der Waals surface area contributed by atoms with Crippen LogP contribution >= 0.6 is 0 Å². The first-order valence-electron chi connectivity index (χ1n) is 3.78. The van der Waals surface area contributed by atoms with Crippen LogP contribution in [0.15, 0.2) is 6.20 Å². The largest absolute Gasteiger partial charge is 0.479 e. The predicted octanol–water partition coefficient (Wildman–Crippen LogP) is 0.752. The molecule has 0 fully saturated rings. The maximum absolute atomic E-state index is 10.7. The number of carbonyl (C=O) groups is 1. The average molecular weight is 181 g/mol. The lowest BCUT2D eigenvalue weighted by atomic mass is 10.4. The molecule has 0 atom stereocenters. The number of hydrogen-bond acceptors (Lipinski definition) is 4. The summed E-state index contributed by atoms with van der Waals surface area (Å²) in [7, 11) is 1.49. The van der Waals surface area contributed by atoms with E-state index in [2.05, 4.69) is 15.3 Å². The minimum Gasteiger partial charge on any atom is -0.479 e. The molecule has 70 valence electrons. The zero-order valence-corrected chi connectivity index (χ0v) is 7.79. The number of rotatable bonds is 2. The Balaban J connectivity index is 2.99. The number of aryl methyl sites for hydroxylation is 1. The third kappa shape index (κ3) is 2.40. The second kappa shape index (κ2) is 3.84. The van der Waals surface area contributed by atoms with Crippen LogP contribution in [0.25, 0.3) is 0 Å². The first kappa shape index (κ1) is 9.44. The molecule has 1 rings (SSSR count). The molecule has 0 aliphatic carbocycles. The second-order valence-corrected chi connectivity index (χ2v) is 2.52. The van der Waals surface area contributed by atoms with Gasteiger partial charge >= 0.3 is 0 Å². The Morgan fingerprint density at radius 2 is 2.31 bits per heavy atom. The van der Waals surface area contributed by atoms with E-state index in [4.69, 9.17) is 4.74 Å². The molecule has 5 heteroatoms. The normalized spacial score (nSPS) is 9.46. The Hall–Kier alpha value is -1.65. The molecule has 5 nitrogen and oxygen atoms in total. The van der Waals surface area contributed by atoms with Crippen LogP contribution in [-0.4, -0.2) is 23.0 Å². The number of carbonyl (C=O) groups excluding carboxylic acids is 1. The van der Waals surface area contributed by atoms with Crippen molar-refractivity contribution in [3.05, 3.63) is 12.0 Å². The Bertz CT molecular complexity index is 325. The van der Waals surface area contributed by atoms with Gasteiger partial charge in [0.2, 0.25) is 11.8 Å². The van der Waals surface area contributed by atoms with Gasteiger partial charge in [-0.1, -0.05) is 0 Å². The van der Waals surface area contributed by atoms with Crippen LogP contribution in [-0.2, 0) is 4.79 Å². The van der Waals surface area contributed by atoms with Crippen LogP contribution in [0.1, 0.15) is 12.7 Å². The fourth-order valence-electron chi connectivity index (χ4n) is 0.880. The van der Waals surface area contributed by atoms with Crippen molar-refractivity contribution < 1.29 is 9.53 Å². The minimum atomic E-state index is -0.175. The van der Waals surface area contributed by atoms with Gasteiger partial charge in [-0.15, -0.1) is 0 Å². The molecule has 1 amide bonds. The summed E-state index contributed by atoms with van der Waals surface area (Å²) in [6.45, 7) is 3.17. The third-order valence-electron chi connectivity index (χ3n) is 1.38. The Morgan fingerprint density at radius 1 is 1.62 bits per heavy atom. The number of aromatic nitrogens is 2. The van der Waals surface area contributed by atoms with Gasteiger partial charge in [-0.2, -0.15) is 4.98 Å². The van der Waals surface area contributed by atoms with Crippen LogP contribution in [0.4, 0.5) is 5.69 Å². The highest BCUT2D eigenvalue weighted by Gasteiger charge is 2.06. The van der Waals surface area contributed by atoms with Gasteiger partial charge in [0.15, 0.2) is 0 Å². The molecule has 0 aliphatic heterocycles. The van der Waals surface area contributed by atoms with Crippen molar-refractivity contribution >= 4 is 11.6 Å². The van der Waals surface area contributed by atoms with Crippen LogP contribution in [0, 0.1) is 6.92 Å². The van der Waals surface area contributed by atoms with Crippen molar-refractivity contribution in [1.29, 1.82) is 0 Å². The molecule has 0 bridgehead atoms. The van der Waals surface area contributed by atoms with E-state index in [1.54, 1.807) is 6.92 Å². The topological polar surface area (TPSA) is 64.1 Å². The van der Waals surface area contributed by atoms with Gasteiger partial charge in [0.05, 0.1) is 13.3 Å². The Labute approximate surface area is 76.2 Å². The number of amides is 1. The van der Waals surface area contributed by atoms with Gasteiger partial charge in [-0.3, -0.25) is 4.79 Å². The fourth-order valence-corrected chi connectivity index (χ4v) is 0.880. The van der Waals surface area contributed by atoms with Crippen molar-refractivity contribution in [3.8, 4) is 5.88 Å². The van der Waals surface area contributed by atoms with E-state index in [1.807, 2.05) is 0 Å². The number of nitrogens with one attached hydrogen (secondary N) is 1. The van der Waals surface area contributed by atoms with Gasteiger partial charge in [0, 0.05) is 6.92 Å². The molecule has 1 aromatic rings. The molecule has 0 saturated carbocycles. The standard InChI is InChI=1S/C8H11N3O2/c1-5-9-4-7(11-6(2)12)8(10-5)13-3/h4H,1-3H3,(H,11,12). The molecular formula is C8H11N3O2. The number of nitrogens with zero attached hydrogens (tertiary/aromatic N) is 2. The van der Waals surface area contributed by atoms with Crippen LogP contribution in [0.5, 0.6) is 5.88 Å². The minimum absolute atomic E-state index is 0.175. The molecule has 0 aliphatic rings. The summed E-state index contributed by atoms with van der Waals surface area (Å²) in [5.41, 5.74) is 0.487. The van der Waals surface area contributed by atoms with Gasteiger partial charge in [-0.05, 0) is 6.92 Å². The number of anilines is 1. The van der Waals surface area contributed by atoms with Gasteiger partial charge in [-0.25, -0.2) is 4.98 Å². The highest BCUT2D eigenvalue weighted by molar-refractivity contribution is 5.89. The predicted molar refractivity (Wildman–Crippen MR) is 47.6 cm³/mol. The Kier molecular flexibility index (Phi) is 2.79. The van der Waals surface area contributed by atoms with Crippen molar-refractivity contribution in [2.24, 2.45) is 0 Å². The van der Waals surface area contributed by atoms with Crippen molar-refractivity contribution in [1.82, 2.24) is 9.97 Å². The summed E-state index contributed by atoms with van der Waals surface area (Å²) >= 11 is 0. The third-order valence-corrected chi connectivity index (χ3v) is 1.38. The van der Waals surface area contributed by atoms with E-state index in [0.29, 0.717) is 17.4 Å². The lowest BCUT2D eigenvalue weighted by Gasteiger charge is -2.06. The molecular weight excluding hydrogens is 170 g/mol. The summed E-state index contributed by atoms with van der Waals surface area (Å²) in [4.78, 5) is 18.7. The number of ether oxygens (including phenoxy) is 1. The first-order chi connectivity index (χ1) is 6.13. The van der Waals surface area contributed by atoms with Crippen molar-refractivity contribution in [2.45, 2.75) is 13.8 Å². The summed E-state index contributed by atoms with van der Waals surface area (Å²) in [6.07, 6.45) is 1.52. The lowest BCUT2D eigenvalue weighted by Crippen LogP contribution is -2.08. The molecule has 1 N–H and O–H groups in total. The van der Waals surface area contributed by atoms with Crippen molar-refractivity contribution in [2.75, 3.05) is 12.4 Å².